The number of carbonyl (C=O) groups is 1. The molecule has 7 nitrogen and oxygen atoms in total. The Morgan fingerprint density at radius 2 is 1.51 bits per heavy atom. The van der Waals surface area contributed by atoms with E-state index >= 15 is 0 Å². The number of anilines is 1. The highest BCUT2D eigenvalue weighted by molar-refractivity contribution is 6.01. The van der Waals surface area contributed by atoms with Gasteiger partial charge in [0.05, 0.1) is 22.5 Å². The molecule has 1 aliphatic heterocycles. The molecule has 35 heavy (non-hydrogen) atoms. The third kappa shape index (κ3) is 3.85. The van der Waals surface area contributed by atoms with Crippen LogP contribution in [-0.2, 0) is 4.79 Å². The van der Waals surface area contributed by atoms with E-state index in [9.17, 15) is 20.2 Å². The van der Waals surface area contributed by atoms with Gasteiger partial charge in [0.2, 0.25) is 0 Å². The average molecular weight is 463 g/mol. The van der Waals surface area contributed by atoms with Crippen LogP contribution in [0.3, 0.4) is 0 Å². The van der Waals surface area contributed by atoms with Gasteiger partial charge in [-0.3, -0.25) is 19.8 Å². The second kappa shape index (κ2) is 8.92. The Hall–Kier alpha value is -4.70. The van der Waals surface area contributed by atoms with Gasteiger partial charge in [0.1, 0.15) is 5.82 Å². The lowest BCUT2D eigenvalue weighted by Crippen LogP contribution is -2.40. The molecular formula is C28H22N4O3. The van der Waals surface area contributed by atoms with Gasteiger partial charge in [-0.25, -0.2) is 0 Å². The Kier molecular flexibility index (Phi) is 5.63. The lowest BCUT2D eigenvalue weighted by molar-refractivity contribution is -0.384. The highest BCUT2D eigenvalue weighted by Gasteiger charge is 2.42. The van der Waals surface area contributed by atoms with Gasteiger partial charge in [-0.2, -0.15) is 5.26 Å². The summed E-state index contributed by atoms with van der Waals surface area (Å²) in [5.74, 6) is -0.401. The van der Waals surface area contributed by atoms with E-state index < -0.39 is 10.8 Å². The molecule has 1 heterocycles. The first-order valence-corrected chi connectivity index (χ1v) is 11.3. The summed E-state index contributed by atoms with van der Waals surface area (Å²) in [6, 6.07) is 27.6. The number of hydrogen-bond acceptors (Lipinski definition) is 6. The standard InChI is InChI=1S/C28H22N4O3/c29-17-23-26(19-9-5-2-6-10-19)27-24(15-20(16-25(27)33)18-7-3-1-4-8-18)31(28(23)30)21-11-13-22(14-12-21)32(34)35/h1-14,20,26H,15-16,30H2/t20-,26+/m1/s1. The molecule has 3 aromatic carbocycles. The van der Waals surface area contributed by atoms with Crippen molar-refractivity contribution in [2.45, 2.75) is 24.7 Å². The molecule has 0 spiro atoms. The van der Waals surface area contributed by atoms with E-state index in [0.29, 0.717) is 29.7 Å². The molecule has 1 aliphatic carbocycles. The molecule has 2 aliphatic rings. The number of nitrogens with two attached hydrogens (primary N) is 1. The van der Waals surface area contributed by atoms with Crippen LogP contribution in [0.4, 0.5) is 11.4 Å². The topological polar surface area (TPSA) is 113 Å². The summed E-state index contributed by atoms with van der Waals surface area (Å²) < 4.78 is 0. The second-order valence-corrected chi connectivity index (χ2v) is 8.66. The smallest absolute Gasteiger partial charge is 0.269 e. The van der Waals surface area contributed by atoms with Gasteiger partial charge in [-0.1, -0.05) is 60.7 Å². The van der Waals surface area contributed by atoms with Crippen molar-refractivity contribution in [2.24, 2.45) is 5.73 Å². The van der Waals surface area contributed by atoms with Crippen LogP contribution < -0.4 is 10.6 Å². The molecular weight excluding hydrogens is 440 g/mol. The monoisotopic (exact) mass is 462 g/mol. The molecule has 2 N–H and O–H groups in total. The van der Waals surface area contributed by atoms with Crippen molar-refractivity contribution in [3.05, 3.63) is 129 Å². The van der Waals surface area contributed by atoms with Crippen molar-refractivity contribution < 1.29 is 9.72 Å². The fourth-order valence-corrected chi connectivity index (χ4v) is 5.09. The maximum Gasteiger partial charge on any atom is 0.269 e. The molecule has 0 bridgehead atoms. The minimum atomic E-state index is -0.560. The fraction of sp³-hybridized carbons (Fsp3) is 0.143. The van der Waals surface area contributed by atoms with Crippen LogP contribution in [0.25, 0.3) is 0 Å². The number of rotatable bonds is 4. The van der Waals surface area contributed by atoms with Crippen LogP contribution in [0.5, 0.6) is 0 Å². The highest BCUT2D eigenvalue weighted by Crippen LogP contribution is 2.49. The molecule has 0 aromatic heterocycles. The van der Waals surface area contributed by atoms with Gasteiger partial charge in [0.15, 0.2) is 5.78 Å². The summed E-state index contributed by atoms with van der Waals surface area (Å²) >= 11 is 0. The Labute approximate surface area is 202 Å². The van der Waals surface area contributed by atoms with E-state index in [2.05, 4.69) is 6.07 Å². The Morgan fingerprint density at radius 3 is 2.09 bits per heavy atom. The van der Waals surface area contributed by atoms with Gasteiger partial charge in [-0.15, -0.1) is 0 Å². The molecule has 0 amide bonds. The number of hydrogen-bond donors (Lipinski definition) is 1. The van der Waals surface area contributed by atoms with Crippen LogP contribution in [-0.4, -0.2) is 10.7 Å². The summed E-state index contributed by atoms with van der Waals surface area (Å²) in [5.41, 5.74) is 10.6. The number of nitriles is 1. The molecule has 0 saturated heterocycles. The molecule has 0 fully saturated rings. The first-order valence-electron chi connectivity index (χ1n) is 11.3. The first-order chi connectivity index (χ1) is 17.0. The summed E-state index contributed by atoms with van der Waals surface area (Å²) in [7, 11) is 0. The van der Waals surface area contributed by atoms with Crippen LogP contribution in [0.1, 0.15) is 35.8 Å². The fourth-order valence-electron chi connectivity index (χ4n) is 5.09. The third-order valence-corrected chi connectivity index (χ3v) is 6.69. The molecule has 0 unspecified atom stereocenters. The first kappa shape index (κ1) is 22.1. The van der Waals surface area contributed by atoms with Gasteiger partial charge < -0.3 is 5.73 Å². The lowest BCUT2D eigenvalue weighted by Gasteiger charge is -2.41. The zero-order chi connectivity index (χ0) is 24.5. The van der Waals surface area contributed by atoms with Crippen LogP contribution >= 0.6 is 0 Å². The number of non-ortho nitro benzene ring substituents is 1. The zero-order valence-corrected chi connectivity index (χ0v) is 18.8. The predicted octanol–water partition coefficient (Wildman–Crippen LogP) is 5.29. The summed E-state index contributed by atoms with van der Waals surface area (Å²) in [5, 5.41) is 21.3. The lowest BCUT2D eigenvalue weighted by atomic mass is 9.72. The van der Waals surface area contributed by atoms with Crippen LogP contribution in [0.2, 0.25) is 0 Å². The predicted molar refractivity (Wildman–Crippen MR) is 132 cm³/mol. The van der Waals surface area contributed by atoms with Crippen molar-refractivity contribution in [3.63, 3.8) is 0 Å². The van der Waals surface area contributed by atoms with Crippen molar-refractivity contribution in [2.75, 3.05) is 4.90 Å². The van der Waals surface area contributed by atoms with E-state index in [-0.39, 0.29) is 23.2 Å². The van der Waals surface area contributed by atoms with Crippen molar-refractivity contribution in [1.82, 2.24) is 0 Å². The number of nitro groups is 1. The number of nitrogens with zero attached hydrogens (tertiary/aromatic N) is 3. The largest absolute Gasteiger partial charge is 0.384 e. The van der Waals surface area contributed by atoms with E-state index in [1.54, 1.807) is 17.0 Å². The van der Waals surface area contributed by atoms with Crippen molar-refractivity contribution in [3.8, 4) is 6.07 Å². The normalized spacial score (nSPS) is 19.9. The van der Waals surface area contributed by atoms with E-state index in [0.717, 1.165) is 16.8 Å². The molecule has 0 radical (unpaired) electrons. The maximum atomic E-state index is 13.7. The van der Waals surface area contributed by atoms with Crippen LogP contribution in [0, 0.1) is 21.4 Å². The summed E-state index contributed by atoms with van der Waals surface area (Å²) in [6.45, 7) is 0. The highest BCUT2D eigenvalue weighted by atomic mass is 16.6. The van der Waals surface area contributed by atoms with Gasteiger partial charge in [0, 0.05) is 35.5 Å². The molecule has 3 aromatic rings. The second-order valence-electron chi connectivity index (χ2n) is 8.66. The number of benzene rings is 3. The van der Waals surface area contributed by atoms with Gasteiger partial charge >= 0.3 is 0 Å². The van der Waals surface area contributed by atoms with Gasteiger partial charge in [-0.05, 0) is 35.6 Å². The molecule has 2 atom stereocenters. The third-order valence-electron chi connectivity index (χ3n) is 6.69. The zero-order valence-electron chi connectivity index (χ0n) is 18.8. The SMILES string of the molecule is N#CC1=C(N)N(c2ccc([N+](=O)[O-])cc2)C2=C(C(=O)C[C@H](c3ccccc3)C2)[C@H]1c1ccccc1. The van der Waals surface area contributed by atoms with Crippen molar-refractivity contribution >= 4 is 17.2 Å². The quantitative estimate of drug-likeness (QED) is 0.416. The van der Waals surface area contributed by atoms with Crippen molar-refractivity contribution in [1.29, 1.82) is 5.26 Å². The Balaban J connectivity index is 1.71. The number of nitro benzene ring substituents is 1. The molecule has 5 rings (SSSR count). The Bertz CT molecular complexity index is 1400. The van der Waals surface area contributed by atoms with Crippen LogP contribution in [0.15, 0.2) is 108 Å². The van der Waals surface area contributed by atoms with E-state index in [1.807, 2.05) is 60.7 Å². The summed E-state index contributed by atoms with van der Waals surface area (Å²) in [6.07, 6.45) is 0.879. The number of ketones is 1. The van der Waals surface area contributed by atoms with Gasteiger partial charge in [0.25, 0.3) is 5.69 Å². The molecule has 172 valence electrons. The summed E-state index contributed by atoms with van der Waals surface area (Å²) in [4.78, 5) is 26.2. The molecule has 0 saturated carbocycles. The number of Topliss-reactive ketones (excluding diaryl/α,β-unsaturated/α-hetero) is 1. The molecule has 7 heteroatoms. The minimum absolute atomic E-state index is 0.0267. The average Bonchev–Trinajstić information content (AvgIpc) is 2.89. The van der Waals surface area contributed by atoms with E-state index in [4.69, 9.17) is 5.73 Å². The van der Waals surface area contributed by atoms with E-state index in [1.165, 1.54) is 12.1 Å². The maximum absolute atomic E-state index is 13.7. The Morgan fingerprint density at radius 1 is 0.914 bits per heavy atom. The number of allylic oxidation sites excluding steroid dienone is 3. The number of carbonyl (C=O) groups excluding carboxylic acids is 1. The minimum Gasteiger partial charge on any atom is -0.384 e.